The van der Waals surface area contributed by atoms with Crippen LogP contribution in [0.5, 0.6) is 5.75 Å². The van der Waals surface area contributed by atoms with E-state index < -0.39 is 11.6 Å². The molecule has 0 aliphatic rings. The summed E-state index contributed by atoms with van der Waals surface area (Å²) in [6, 6.07) is 8.24. The maximum atomic E-state index is 13.1. The number of rotatable bonds is 3. The summed E-state index contributed by atoms with van der Waals surface area (Å²) in [5.41, 5.74) is 0.991. The van der Waals surface area contributed by atoms with E-state index in [0.29, 0.717) is 17.1 Å². The molecule has 0 heterocycles. The van der Waals surface area contributed by atoms with Crippen LogP contribution in [0, 0.1) is 11.6 Å². The first-order valence-corrected chi connectivity index (χ1v) is 5.53. The van der Waals surface area contributed by atoms with Gasteiger partial charge in [0.05, 0.1) is 17.8 Å². The summed E-state index contributed by atoms with van der Waals surface area (Å²) in [4.78, 5) is 0. The Balaban J connectivity index is 2.33. The van der Waals surface area contributed by atoms with Crippen molar-refractivity contribution in [1.82, 2.24) is 0 Å². The lowest BCUT2D eigenvalue weighted by Gasteiger charge is -2.11. The summed E-state index contributed by atoms with van der Waals surface area (Å²) < 4.78 is 31.2. The lowest BCUT2D eigenvalue weighted by Crippen LogP contribution is -1.95. The molecule has 18 heavy (non-hydrogen) atoms. The predicted octanol–water partition coefficient (Wildman–Crippen LogP) is 4.37. The molecule has 94 valence electrons. The molecular formula is C13H10ClF2NO. The van der Waals surface area contributed by atoms with E-state index in [4.69, 9.17) is 16.3 Å². The minimum Gasteiger partial charge on any atom is -0.495 e. The first-order chi connectivity index (χ1) is 8.60. The van der Waals surface area contributed by atoms with E-state index in [1.54, 1.807) is 0 Å². The van der Waals surface area contributed by atoms with Crippen LogP contribution in [-0.4, -0.2) is 7.11 Å². The molecule has 0 unspecified atom stereocenters. The van der Waals surface area contributed by atoms with Crippen molar-refractivity contribution in [2.24, 2.45) is 0 Å². The van der Waals surface area contributed by atoms with Crippen molar-refractivity contribution in [1.29, 1.82) is 0 Å². The molecule has 0 radical (unpaired) electrons. The monoisotopic (exact) mass is 269 g/mol. The topological polar surface area (TPSA) is 21.3 Å². The Bertz CT molecular complexity index is 575. The summed E-state index contributed by atoms with van der Waals surface area (Å²) in [5, 5.41) is 2.91. The average Bonchev–Trinajstić information content (AvgIpc) is 2.34. The van der Waals surface area contributed by atoms with Gasteiger partial charge in [0.2, 0.25) is 0 Å². The fraction of sp³-hybridized carbons (Fsp3) is 0.0769. The minimum absolute atomic E-state index is 0.00429. The van der Waals surface area contributed by atoms with Crippen molar-refractivity contribution < 1.29 is 13.5 Å². The molecule has 0 saturated carbocycles. The van der Waals surface area contributed by atoms with Crippen molar-refractivity contribution in [2.75, 3.05) is 12.4 Å². The molecule has 0 aromatic heterocycles. The van der Waals surface area contributed by atoms with Gasteiger partial charge in [0.25, 0.3) is 0 Å². The van der Waals surface area contributed by atoms with E-state index in [0.717, 1.165) is 0 Å². The molecule has 0 atom stereocenters. The molecule has 0 fully saturated rings. The van der Waals surface area contributed by atoms with E-state index in [1.807, 2.05) is 0 Å². The maximum Gasteiger partial charge on any atom is 0.142 e. The molecule has 2 aromatic carbocycles. The quantitative estimate of drug-likeness (QED) is 0.893. The van der Waals surface area contributed by atoms with Gasteiger partial charge < -0.3 is 10.1 Å². The standard InChI is InChI=1S/C13H10ClF2NO/c1-18-13-5-2-8(15)6-12(13)17-9-3-4-11(16)10(14)7-9/h2-7,17H,1H3. The molecule has 2 nitrogen and oxygen atoms in total. The zero-order valence-electron chi connectivity index (χ0n) is 9.51. The Morgan fingerprint density at radius 2 is 1.89 bits per heavy atom. The Kier molecular flexibility index (Phi) is 3.67. The molecule has 0 spiro atoms. The van der Waals surface area contributed by atoms with Crippen molar-refractivity contribution in [3.05, 3.63) is 53.1 Å². The maximum absolute atomic E-state index is 13.1. The summed E-state index contributed by atoms with van der Waals surface area (Å²) in [5.74, 6) is -0.420. The number of halogens is 3. The number of anilines is 2. The normalized spacial score (nSPS) is 10.2. The Hall–Kier alpha value is -1.81. The first-order valence-electron chi connectivity index (χ1n) is 5.16. The van der Waals surface area contributed by atoms with Crippen LogP contribution in [0.25, 0.3) is 0 Å². The van der Waals surface area contributed by atoms with Crippen LogP contribution in [0.1, 0.15) is 0 Å². The molecule has 2 rings (SSSR count). The molecule has 0 bridgehead atoms. The predicted molar refractivity (Wildman–Crippen MR) is 67.6 cm³/mol. The Morgan fingerprint density at radius 1 is 1.11 bits per heavy atom. The molecule has 0 aliphatic carbocycles. The number of benzene rings is 2. The van der Waals surface area contributed by atoms with E-state index in [2.05, 4.69) is 5.32 Å². The molecule has 2 aromatic rings. The van der Waals surface area contributed by atoms with Gasteiger partial charge in [0.1, 0.15) is 17.4 Å². The minimum atomic E-state index is -0.506. The summed E-state index contributed by atoms with van der Waals surface area (Å²) in [7, 11) is 1.48. The second-order valence-corrected chi connectivity index (χ2v) is 4.01. The van der Waals surface area contributed by atoms with Crippen LogP contribution < -0.4 is 10.1 Å². The molecule has 1 N–H and O–H groups in total. The van der Waals surface area contributed by atoms with Crippen LogP contribution in [0.4, 0.5) is 20.2 Å². The smallest absolute Gasteiger partial charge is 0.142 e. The SMILES string of the molecule is COc1ccc(F)cc1Nc1ccc(F)c(Cl)c1. The zero-order valence-corrected chi connectivity index (χ0v) is 10.3. The van der Waals surface area contributed by atoms with Crippen molar-refractivity contribution in [3.8, 4) is 5.75 Å². The van der Waals surface area contributed by atoms with Gasteiger partial charge in [-0.2, -0.15) is 0 Å². The molecule has 5 heteroatoms. The number of hydrogen-bond acceptors (Lipinski definition) is 2. The lowest BCUT2D eigenvalue weighted by molar-refractivity contribution is 0.416. The van der Waals surface area contributed by atoms with Gasteiger partial charge in [0.15, 0.2) is 0 Å². The van der Waals surface area contributed by atoms with Crippen LogP contribution in [0.15, 0.2) is 36.4 Å². The summed E-state index contributed by atoms with van der Waals surface area (Å²) in [6.07, 6.45) is 0. The number of nitrogens with one attached hydrogen (secondary N) is 1. The van der Waals surface area contributed by atoms with Gasteiger partial charge in [-0.1, -0.05) is 11.6 Å². The van der Waals surface area contributed by atoms with Crippen molar-refractivity contribution in [2.45, 2.75) is 0 Å². The van der Waals surface area contributed by atoms with Crippen LogP contribution in [0.3, 0.4) is 0 Å². The molecular weight excluding hydrogens is 260 g/mol. The van der Waals surface area contributed by atoms with Gasteiger partial charge in [-0.05, 0) is 30.3 Å². The van der Waals surface area contributed by atoms with Gasteiger partial charge in [0, 0.05) is 11.8 Å². The van der Waals surface area contributed by atoms with Crippen molar-refractivity contribution in [3.63, 3.8) is 0 Å². The highest BCUT2D eigenvalue weighted by atomic mass is 35.5. The fourth-order valence-electron chi connectivity index (χ4n) is 1.51. The average molecular weight is 270 g/mol. The molecule has 0 saturated heterocycles. The van der Waals surface area contributed by atoms with E-state index >= 15 is 0 Å². The fourth-order valence-corrected chi connectivity index (χ4v) is 1.69. The van der Waals surface area contributed by atoms with E-state index in [1.165, 1.54) is 43.5 Å². The molecule has 0 aliphatic heterocycles. The van der Waals surface area contributed by atoms with Gasteiger partial charge in [-0.25, -0.2) is 8.78 Å². The summed E-state index contributed by atoms with van der Waals surface area (Å²) in [6.45, 7) is 0. The van der Waals surface area contributed by atoms with E-state index in [9.17, 15) is 8.78 Å². The Morgan fingerprint density at radius 3 is 2.56 bits per heavy atom. The van der Waals surface area contributed by atoms with Crippen LogP contribution in [-0.2, 0) is 0 Å². The summed E-state index contributed by atoms with van der Waals surface area (Å²) >= 11 is 5.66. The number of hydrogen-bond donors (Lipinski definition) is 1. The third-order valence-corrected chi connectivity index (χ3v) is 2.65. The number of methoxy groups -OCH3 is 1. The van der Waals surface area contributed by atoms with Crippen LogP contribution >= 0.6 is 11.6 Å². The lowest BCUT2D eigenvalue weighted by atomic mass is 10.2. The number of ether oxygens (including phenoxy) is 1. The van der Waals surface area contributed by atoms with E-state index in [-0.39, 0.29) is 5.02 Å². The zero-order chi connectivity index (χ0) is 13.1. The second kappa shape index (κ2) is 5.23. The highest BCUT2D eigenvalue weighted by Gasteiger charge is 2.06. The Labute approximate surface area is 108 Å². The third-order valence-electron chi connectivity index (χ3n) is 2.36. The second-order valence-electron chi connectivity index (χ2n) is 3.60. The van der Waals surface area contributed by atoms with Gasteiger partial charge in [-0.15, -0.1) is 0 Å². The highest BCUT2D eigenvalue weighted by Crippen LogP contribution is 2.29. The highest BCUT2D eigenvalue weighted by molar-refractivity contribution is 6.31. The molecule has 0 amide bonds. The van der Waals surface area contributed by atoms with Crippen LogP contribution in [0.2, 0.25) is 5.02 Å². The third kappa shape index (κ3) is 2.71. The first kappa shape index (κ1) is 12.6. The van der Waals surface area contributed by atoms with Gasteiger partial charge >= 0.3 is 0 Å². The van der Waals surface area contributed by atoms with Gasteiger partial charge in [-0.3, -0.25) is 0 Å². The largest absolute Gasteiger partial charge is 0.495 e. The van der Waals surface area contributed by atoms with Crippen molar-refractivity contribution >= 4 is 23.0 Å².